The summed E-state index contributed by atoms with van der Waals surface area (Å²) in [6.45, 7) is 2.05. The summed E-state index contributed by atoms with van der Waals surface area (Å²) in [7, 11) is 0. The Labute approximate surface area is 138 Å². The number of aromatic nitrogens is 3. The molecule has 4 N–H and O–H groups in total. The van der Waals surface area contributed by atoms with Crippen LogP contribution in [0.3, 0.4) is 0 Å². The lowest BCUT2D eigenvalue weighted by molar-refractivity contribution is 0.100. The molecule has 0 saturated carbocycles. The first-order valence-corrected chi connectivity index (χ1v) is 7.65. The monoisotopic (exact) mass is 316 g/mol. The molecule has 2 aromatic carbocycles. The Kier molecular flexibility index (Phi) is 3.20. The number of rotatable bonds is 3. The predicted octanol–water partition coefficient (Wildman–Crippen LogP) is 3.63. The zero-order valence-corrected chi connectivity index (χ0v) is 13.1. The number of fused-ring (bicyclic) bond motifs is 1. The molecule has 24 heavy (non-hydrogen) atoms. The highest BCUT2D eigenvalue weighted by Crippen LogP contribution is 2.33. The molecule has 0 radical (unpaired) electrons. The number of aromatic amines is 2. The van der Waals surface area contributed by atoms with Crippen LogP contribution in [0.15, 0.2) is 54.9 Å². The number of amides is 1. The molecule has 0 aliphatic carbocycles. The van der Waals surface area contributed by atoms with E-state index in [1.165, 1.54) is 5.56 Å². The van der Waals surface area contributed by atoms with Gasteiger partial charge in [-0.2, -0.15) is 5.10 Å². The van der Waals surface area contributed by atoms with Crippen molar-refractivity contribution in [3.8, 4) is 22.4 Å². The average molecular weight is 316 g/mol. The number of hydrogen-bond acceptors (Lipinski definition) is 2. The highest BCUT2D eigenvalue weighted by molar-refractivity contribution is 6.10. The Balaban J connectivity index is 1.98. The molecule has 1 amide bonds. The number of nitrogens with zero attached hydrogens (tertiary/aromatic N) is 1. The van der Waals surface area contributed by atoms with E-state index in [1.807, 2.05) is 12.3 Å². The summed E-state index contributed by atoms with van der Waals surface area (Å²) in [5, 5.41) is 7.78. The maximum atomic E-state index is 11.8. The molecular weight excluding hydrogens is 300 g/mol. The Morgan fingerprint density at radius 2 is 1.88 bits per heavy atom. The van der Waals surface area contributed by atoms with Gasteiger partial charge in [0.25, 0.3) is 5.91 Å². The van der Waals surface area contributed by atoms with Gasteiger partial charge in [0.05, 0.1) is 17.3 Å². The predicted molar refractivity (Wildman–Crippen MR) is 94.6 cm³/mol. The van der Waals surface area contributed by atoms with Gasteiger partial charge < -0.3 is 10.7 Å². The molecule has 0 aliphatic heterocycles. The van der Waals surface area contributed by atoms with Gasteiger partial charge in [-0.15, -0.1) is 0 Å². The second kappa shape index (κ2) is 5.38. The van der Waals surface area contributed by atoms with E-state index >= 15 is 0 Å². The van der Waals surface area contributed by atoms with Crippen molar-refractivity contribution < 1.29 is 4.79 Å². The number of carbonyl (C=O) groups excluding carboxylic acids is 1. The van der Waals surface area contributed by atoms with Gasteiger partial charge >= 0.3 is 0 Å². The maximum absolute atomic E-state index is 11.8. The van der Waals surface area contributed by atoms with Gasteiger partial charge in [0.15, 0.2) is 0 Å². The Hall–Kier alpha value is -3.34. The number of nitrogens with one attached hydrogen (secondary N) is 2. The number of H-pyrrole nitrogens is 2. The van der Waals surface area contributed by atoms with E-state index < -0.39 is 5.91 Å². The summed E-state index contributed by atoms with van der Waals surface area (Å²) in [5.74, 6) is -0.448. The summed E-state index contributed by atoms with van der Waals surface area (Å²) in [6.07, 6.45) is 3.59. The van der Waals surface area contributed by atoms with Gasteiger partial charge in [-0.25, -0.2) is 0 Å². The maximum Gasteiger partial charge on any atom is 0.250 e. The molecule has 5 heteroatoms. The molecular formula is C19H16N4O. The number of benzene rings is 2. The molecule has 5 nitrogen and oxygen atoms in total. The molecule has 4 aromatic rings. The van der Waals surface area contributed by atoms with Gasteiger partial charge in [0.2, 0.25) is 0 Å². The van der Waals surface area contributed by atoms with Crippen molar-refractivity contribution in [2.24, 2.45) is 5.73 Å². The third-order valence-corrected chi connectivity index (χ3v) is 4.23. The van der Waals surface area contributed by atoms with Crippen LogP contribution in [0, 0.1) is 6.92 Å². The summed E-state index contributed by atoms with van der Waals surface area (Å²) in [6, 6.07) is 13.9. The standard InChI is InChI=1S/C19H16N4O/c1-11-2-4-12(5-3-11)17-8-16-14(13-9-21-22-10-13)6-7-15(19(20)24)18(16)23-17/h2-10,23H,1H3,(H2,20,24)(H,21,22). The van der Waals surface area contributed by atoms with E-state index in [2.05, 4.69) is 52.4 Å². The first-order chi connectivity index (χ1) is 11.6. The van der Waals surface area contributed by atoms with Crippen LogP contribution < -0.4 is 5.73 Å². The van der Waals surface area contributed by atoms with Crippen LogP contribution in [0.25, 0.3) is 33.3 Å². The molecule has 0 saturated heterocycles. The number of hydrogen-bond donors (Lipinski definition) is 3. The third-order valence-electron chi connectivity index (χ3n) is 4.23. The molecule has 118 valence electrons. The Morgan fingerprint density at radius 1 is 1.08 bits per heavy atom. The highest BCUT2D eigenvalue weighted by Gasteiger charge is 2.15. The molecule has 2 heterocycles. The second-order valence-corrected chi connectivity index (χ2v) is 5.85. The molecule has 0 aliphatic rings. The summed E-state index contributed by atoms with van der Waals surface area (Å²) >= 11 is 0. The van der Waals surface area contributed by atoms with Gasteiger partial charge in [0.1, 0.15) is 0 Å². The van der Waals surface area contributed by atoms with Crippen LogP contribution in [0.1, 0.15) is 15.9 Å². The zero-order valence-electron chi connectivity index (χ0n) is 13.1. The second-order valence-electron chi connectivity index (χ2n) is 5.85. The number of carbonyl (C=O) groups is 1. The van der Waals surface area contributed by atoms with E-state index in [4.69, 9.17) is 5.73 Å². The number of primary amides is 1. The van der Waals surface area contributed by atoms with Crippen molar-refractivity contribution in [2.75, 3.05) is 0 Å². The van der Waals surface area contributed by atoms with Crippen molar-refractivity contribution in [2.45, 2.75) is 6.92 Å². The van der Waals surface area contributed by atoms with Crippen molar-refractivity contribution >= 4 is 16.8 Å². The van der Waals surface area contributed by atoms with E-state index in [9.17, 15) is 4.79 Å². The van der Waals surface area contributed by atoms with Crippen LogP contribution >= 0.6 is 0 Å². The number of nitrogens with two attached hydrogens (primary N) is 1. The van der Waals surface area contributed by atoms with Crippen LogP contribution in [0.5, 0.6) is 0 Å². The lowest BCUT2D eigenvalue weighted by Gasteiger charge is -2.03. The van der Waals surface area contributed by atoms with Crippen LogP contribution in [-0.4, -0.2) is 21.1 Å². The van der Waals surface area contributed by atoms with Crippen molar-refractivity contribution in [3.05, 3.63) is 66.0 Å². The van der Waals surface area contributed by atoms with Crippen LogP contribution in [0.2, 0.25) is 0 Å². The average Bonchev–Trinajstić information content (AvgIpc) is 3.24. The minimum atomic E-state index is -0.448. The molecule has 0 unspecified atom stereocenters. The zero-order chi connectivity index (χ0) is 16.7. The molecule has 0 atom stereocenters. The van der Waals surface area contributed by atoms with Crippen LogP contribution in [0.4, 0.5) is 0 Å². The lowest BCUT2D eigenvalue weighted by atomic mass is 10.0. The Bertz CT molecular complexity index is 1030. The van der Waals surface area contributed by atoms with Gasteiger partial charge in [-0.05, 0) is 30.2 Å². The summed E-state index contributed by atoms with van der Waals surface area (Å²) in [4.78, 5) is 15.1. The first kappa shape index (κ1) is 14.3. The quantitative estimate of drug-likeness (QED) is 0.539. The van der Waals surface area contributed by atoms with Crippen molar-refractivity contribution in [1.29, 1.82) is 0 Å². The van der Waals surface area contributed by atoms with E-state index in [1.54, 1.807) is 12.3 Å². The molecule has 2 aromatic heterocycles. The smallest absolute Gasteiger partial charge is 0.250 e. The minimum Gasteiger partial charge on any atom is -0.366 e. The normalized spacial score (nSPS) is 11.0. The minimum absolute atomic E-state index is 0.448. The first-order valence-electron chi connectivity index (χ1n) is 7.65. The Morgan fingerprint density at radius 3 is 2.54 bits per heavy atom. The SMILES string of the molecule is Cc1ccc(-c2cc3c(-c4cn[nH]c4)ccc(C(N)=O)c3[nH]2)cc1. The van der Waals surface area contributed by atoms with Crippen molar-refractivity contribution in [1.82, 2.24) is 15.2 Å². The van der Waals surface area contributed by atoms with E-state index in [0.29, 0.717) is 5.56 Å². The fraction of sp³-hybridized carbons (Fsp3) is 0.0526. The fourth-order valence-corrected chi connectivity index (χ4v) is 2.96. The lowest BCUT2D eigenvalue weighted by Crippen LogP contribution is -2.11. The van der Waals surface area contributed by atoms with E-state index in [-0.39, 0.29) is 0 Å². The van der Waals surface area contributed by atoms with Gasteiger partial charge in [-0.3, -0.25) is 9.89 Å². The molecule has 0 bridgehead atoms. The number of aryl methyl sites for hydroxylation is 1. The molecule has 0 spiro atoms. The summed E-state index contributed by atoms with van der Waals surface area (Å²) in [5.41, 5.74) is 11.9. The highest BCUT2D eigenvalue weighted by atomic mass is 16.1. The summed E-state index contributed by atoms with van der Waals surface area (Å²) < 4.78 is 0. The molecule has 4 rings (SSSR count). The van der Waals surface area contributed by atoms with Crippen molar-refractivity contribution in [3.63, 3.8) is 0 Å². The van der Waals surface area contributed by atoms with Gasteiger partial charge in [-0.1, -0.05) is 35.9 Å². The topological polar surface area (TPSA) is 87.6 Å². The largest absolute Gasteiger partial charge is 0.366 e. The van der Waals surface area contributed by atoms with Gasteiger partial charge in [0, 0.05) is 22.8 Å². The third kappa shape index (κ3) is 2.27. The molecule has 0 fully saturated rings. The van der Waals surface area contributed by atoms with Crippen LogP contribution in [-0.2, 0) is 0 Å². The van der Waals surface area contributed by atoms with E-state index in [0.717, 1.165) is 33.3 Å². The fourth-order valence-electron chi connectivity index (χ4n) is 2.96.